The first kappa shape index (κ1) is 18.8. The van der Waals surface area contributed by atoms with Crippen LogP contribution in [-0.2, 0) is 4.79 Å². The van der Waals surface area contributed by atoms with Crippen molar-refractivity contribution in [3.8, 4) is 5.75 Å². The van der Waals surface area contributed by atoms with E-state index in [1.165, 1.54) is 0 Å². The van der Waals surface area contributed by atoms with Crippen molar-refractivity contribution in [2.45, 2.75) is 38.6 Å². The highest BCUT2D eigenvalue weighted by Crippen LogP contribution is 2.30. The van der Waals surface area contributed by atoms with E-state index < -0.39 is 0 Å². The Kier molecular flexibility index (Phi) is 8.28. The van der Waals surface area contributed by atoms with Gasteiger partial charge in [0.15, 0.2) is 0 Å². The number of ether oxygens (including phenoxy) is 1. The number of nitrogens with zero attached hydrogens (tertiary/aromatic N) is 1. The van der Waals surface area contributed by atoms with E-state index in [2.05, 4.69) is 18.3 Å². The fourth-order valence-electron chi connectivity index (χ4n) is 2.89. The number of piperazine rings is 1. The van der Waals surface area contributed by atoms with Crippen molar-refractivity contribution in [1.82, 2.24) is 10.2 Å². The minimum absolute atomic E-state index is 0. The maximum Gasteiger partial charge on any atom is 0.223 e. The third-order valence-electron chi connectivity index (χ3n) is 4.06. The molecule has 1 aromatic carbocycles. The molecule has 1 fully saturated rings. The third-order valence-corrected chi connectivity index (χ3v) is 4.06. The number of benzene rings is 1. The lowest BCUT2D eigenvalue weighted by atomic mass is 10.0. The second-order valence-electron chi connectivity index (χ2n) is 5.51. The Labute approximate surface area is 139 Å². The molecule has 0 bridgehead atoms. The van der Waals surface area contributed by atoms with Gasteiger partial charge >= 0.3 is 0 Å². The van der Waals surface area contributed by atoms with Crippen LogP contribution in [0.15, 0.2) is 24.3 Å². The van der Waals surface area contributed by atoms with Crippen molar-refractivity contribution < 1.29 is 9.53 Å². The molecule has 1 N–H and O–H groups in total. The van der Waals surface area contributed by atoms with Gasteiger partial charge in [0, 0.05) is 31.6 Å². The normalized spacial score (nSPS) is 17.7. The first-order chi connectivity index (χ1) is 10.3. The van der Waals surface area contributed by atoms with Crippen LogP contribution in [0.4, 0.5) is 0 Å². The van der Waals surface area contributed by atoms with Crippen LogP contribution in [0.3, 0.4) is 0 Å². The number of amides is 1. The summed E-state index contributed by atoms with van der Waals surface area (Å²) >= 11 is 0. The highest BCUT2D eigenvalue weighted by molar-refractivity contribution is 5.85. The molecule has 1 unspecified atom stereocenters. The number of carbonyl (C=O) groups is 1. The van der Waals surface area contributed by atoms with Crippen molar-refractivity contribution >= 4 is 18.3 Å². The SMILES string of the molecule is CCCCCC(=O)N1CCNCC1c1ccccc1OC.Cl. The van der Waals surface area contributed by atoms with Crippen molar-refractivity contribution in [3.05, 3.63) is 29.8 Å². The molecule has 2 rings (SSSR count). The average molecular weight is 327 g/mol. The molecule has 0 spiro atoms. The van der Waals surface area contributed by atoms with Gasteiger partial charge in [-0.15, -0.1) is 12.4 Å². The van der Waals surface area contributed by atoms with E-state index in [1.54, 1.807) is 7.11 Å². The number of unbranched alkanes of at least 4 members (excludes halogenated alkanes) is 2. The summed E-state index contributed by atoms with van der Waals surface area (Å²) in [7, 11) is 1.68. The van der Waals surface area contributed by atoms with E-state index in [9.17, 15) is 4.79 Å². The molecule has 1 aliphatic heterocycles. The lowest BCUT2D eigenvalue weighted by Gasteiger charge is -2.37. The summed E-state index contributed by atoms with van der Waals surface area (Å²) in [5, 5.41) is 3.39. The van der Waals surface area contributed by atoms with Crippen molar-refractivity contribution in [1.29, 1.82) is 0 Å². The van der Waals surface area contributed by atoms with Gasteiger partial charge in [0.05, 0.1) is 13.2 Å². The molecule has 1 saturated heterocycles. The lowest BCUT2D eigenvalue weighted by molar-refractivity contribution is -0.134. The molecule has 1 amide bonds. The van der Waals surface area contributed by atoms with Crippen LogP contribution in [0.25, 0.3) is 0 Å². The zero-order valence-corrected chi connectivity index (χ0v) is 14.3. The summed E-state index contributed by atoms with van der Waals surface area (Å²) in [4.78, 5) is 14.5. The Morgan fingerprint density at radius 2 is 2.14 bits per heavy atom. The monoisotopic (exact) mass is 326 g/mol. The molecule has 0 saturated carbocycles. The molecule has 22 heavy (non-hydrogen) atoms. The van der Waals surface area contributed by atoms with Gasteiger partial charge in [0.25, 0.3) is 0 Å². The summed E-state index contributed by atoms with van der Waals surface area (Å²) in [6.45, 7) is 4.59. The van der Waals surface area contributed by atoms with Crippen LogP contribution in [0.5, 0.6) is 5.75 Å². The van der Waals surface area contributed by atoms with Crippen LogP contribution in [0.1, 0.15) is 44.2 Å². The smallest absolute Gasteiger partial charge is 0.223 e. The molecule has 4 nitrogen and oxygen atoms in total. The molecule has 1 aliphatic rings. The Morgan fingerprint density at radius 3 is 2.86 bits per heavy atom. The van der Waals surface area contributed by atoms with Gasteiger partial charge in [0.1, 0.15) is 5.75 Å². The molecule has 124 valence electrons. The second-order valence-corrected chi connectivity index (χ2v) is 5.51. The van der Waals surface area contributed by atoms with Crippen LogP contribution < -0.4 is 10.1 Å². The predicted molar refractivity (Wildman–Crippen MR) is 91.7 cm³/mol. The molecule has 0 aromatic heterocycles. The summed E-state index contributed by atoms with van der Waals surface area (Å²) in [5.41, 5.74) is 1.09. The van der Waals surface area contributed by atoms with Gasteiger partial charge in [-0.05, 0) is 12.5 Å². The fourth-order valence-corrected chi connectivity index (χ4v) is 2.89. The summed E-state index contributed by atoms with van der Waals surface area (Å²) in [6.07, 6.45) is 3.90. The van der Waals surface area contributed by atoms with Crippen LogP contribution in [0, 0.1) is 0 Å². The van der Waals surface area contributed by atoms with Crippen molar-refractivity contribution in [2.24, 2.45) is 0 Å². The van der Waals surface area contributed by atoms with Crippen LogP contribution in [-0.4, -0.2) is 37.6 Å². The molecular weight excluding hydrogens is 300 g/mol. The van der Waals surface area contributed by atoms with Gasteiger partial charge in [0.2, 0.25) is 5.91 Å². The Balaban J connectivity index is 0.00000242. The van der Waals surface area contributed by atoms with E-state index in [1.807, 2.05) is 23.1 Å². The molecule has 1 aromatic rings. The number of rotatable bonds is 6. The van der Waals surface area contributed by atoms with Crippen molar-refractivity contribution in [2.75, 3.05) is 26.7 Å². The van der Waals surface area contributed by atoms with Crippen LogP contribution >= 0.6 is 12.4 Å². The lowest BCUT2D eigenvalue weighted by Crippen LogP contribution is -2.48. The Morgan fingerprint density at radius 1 is 1.36 bits per heavy atom. The third kappa shape index (κ3) is 4.62. The summed E-state index contributed by atoms with van der Waals surface area (Å²) in [6, 6.07) is 8.06. The van der Waals surface area contributed by atoms with Gasteiger partial charge in [-0.25, -0.2) is 0 Å². The first-order valence-electron chi connectivity index (χ1n) is 7.91. The topological polar surface area (TPSA) is 41.6 Å². The van der Waals surface area contributed by atoms with Crippen molar-refractivity contribution in [3.63, 3.8) is 0 Å². The van der Waals surface area contributed by atoms with Gasteiger partial charge in [-0.3, -0.25) is 4.79 Å². The maximum atomic E-state index is 12.5. The number of nitrogens with one attached hydrogen (secondary N) is 1. The summed E-state index contributed by atoms with van der Waals surface area (Å²) in [5.74, 6) is 1.12. The van der Waals surface area contributed by atoms with E-state index in [0.717, 1.165) is 50.2 Å². The molecule has 0 aliphatic carbocycles. The number of methoxy groups -OCH3 is 1. The van der Waals surface area contributed by atoms with Crippen LogP contribution in [0.2, 0.25) is 0 Å². The number of carbonyl (C=O) groups excluding carboxylic acids is 1. The number of halogens is 1. The van der Waals surface area contributed by atoms with Gasteiger partial charge in [-0.1, -0.05) is 38.0 Å². The van der Waals surface area contributed by atoms with E-state index in [0.29, 0.717) is 6.42 Å². The highest BCUT2D eigenvalue weighted by atomic mass is 35.5. The Hall–Kier alpha value is -1.26. The molecule has 1 heterocycles. The predicted octanol–water partition coefficient (Wildman–Crippen LogP) is 3.17. The molecule has 5 heteroatoms. The van der Waals surface area contributed by atoms with E-state index in [-0.39, 0.29) is 24.4 Å². The number of para-hydroxylation sites is 1. The summed E-state index contributed by atoms with van der Waals surface area (Å²) < 4.78 is 5.46. The quantitative estimate of drug-likeness (QED) is 0.816. The average Bonchev–Trinajstić information content (AvgIpc) is 2.55. The Bertz CT molecular complexity index is 468. The van der Waals surface area contributed by atoms with Gasteiger partial charge in [-0.2, -0.15) is 0 Å². The zero-order chi connectivity index (χ0) is 15.1. The molecular formula is C17H27ClN2O2. The standard InChI is InChI=1S/C17H26N2O2.ClH/c1-3-4-5-10-17(20)19-12-11-18-13-15(19)14-8-6-7-9-16(14)21-2;/h6-9,15,18H,3-5,10-13H2,1-2H3;1H. The molecule has 0 radical (unpaired) electrons. The minimum Gasteiger partial charge on any atom is -0.496 e. The largest absolute Gasteiger partial charge is 0.496 e. The second kappa shape index (κ2) is 9.70. The minimum atomic E-state index is 0. The first-order valence-corrected chi connectivity index (χ1v) is 7.91. The van der Waals surface area contributed by atoms with E-state index >= 15 is 0 Å². The number of hydrogen-bond donors (Lipinski definition) is 1. The number of hydrogen-bond acceptors (Lipinski definition) is 3. The van der Waals surface area contributed by atoms with Gasteiger partial charge < -0.3 is 15.0 Å². The zero-order valence-electron chi connectivity index (χ0n) is 13.5. The van der Waals surface area contributed by atoms with E-state index in [4.69, 9.17) is 4.74 Å². The fraction of sp³-hybridized carbons (Fsp3) is 0.588. The highest BCUT2D eigenvalue weighted by Gasteiger charge is 2.29. The molecule has 1 atom stereocenters. The maximum absolute atomic E-state index is 12.5.